The first kappa shape index (κ1) is 15.2. The maximum atomic E-state index is 13.9. The summed E-state index contributed by atoms with van der Waals surface area (Å²) in [7, 11) is 1.45. The molecule has 1 saturated heterocycles. The van der Waals surface area contributed by atoms with Crippen LogP contribution in [-0.2, 0) is 10.3 Å². The first-order valence-electron chi connectivity index (χ1n) is 6.61. The molecule has 0 saturated carbocycles. The van der Waals surface area contributed by atoms with Gasteiger partial charge in [0.25, 0.3) is 0 Å². The minimum atomic E-state index is -1.02. The summed E-state index contributed by atoms with van der Waals surface area (Å²) >= 11 is 0. The second kappa shape index (κ2) is 6.09. The Morgan fingerprint density at radius 2 is 2.24 bits per heavy atom. The summed E-state index contributed by atoms with van der Waals surface area (Å²) in [4.78, 5) is 24.4. The van der Waals surface area contributed by atoms with Gasteiger partial charge < -0.3 is 15.4 Å². The van der Waals surface area contributed by atoms with Crippen LogP contribution in [-0.4, -0.2) is 43.7 Å². The molecule has 2 rings (SSSR count). The van der Waals surface area contributed by atoms with Gasteiger partial charge in [0.05, 0.1) is 6.54 Å². The zero-order valence-corrected chi connectivity index (χ0v) is 12.0. The zero-order valence-electron chi connectivity index (χ0n) is 12.0. The van der Waals surface area contributed by atoms with E-state index in [4.69, 9.17) is 4.74 Å². The first-order valence-corrected chi connectivity index (χ1v) is 6.61. The van der Waals surface area contributed by atoms with Crippen molar-refractivity contribution in [3.8, 4) is 0 Å². The number of urea groups is 2. The maximum Gasteiger partial charge on any atom is 0.325 e. The highest BCUT2D eigenvalue weighted by Gasteiger charge is 2.32. The van der Waals surface area contributed by atoms with Crippen molar-refractivity contribution in [2.75, 3.05) is 26.7 Å². The van der Waals surface area contributed by atoms with Gasteiger partial charge in [-0.2, -0.15) is 0 Å². The van der Waals surface area contributed by atoms with Crippen LogP contribution in [0.2, 0.25) is 0 Å². The van der Waals surface area contributed by atoms with Gasteiger partial charge in [0.2, 0.25) is 0 Å². The smallest absolute Gasteiger partial charge is 0.325 e. The molecule has 1 fully saturated rings. The number of nitrogens with zero attached hydrogens (tertiary/aromatic N) is 1. The molecule has 2 N–H and O–H groups in total. The summed E-state index contributed by atoms with van der Waals surface area (Å²) < 4.78 is 19.3. The summed E-state index contributed by atoms with van der Waals surface area (Å²) in [5.41, 5.74) is -0.671. The molecule has 1 aromatic carbocycles. The Morgan fingerprint density at radius 3 is 2.81 bits per heavy atom. The molecule has 21 heavy (non-hydrogen) atoms. The van der Waals surface area contributed by atoms with Crippen LogP contribution >= 0.6 is 0 Å². The zero-order chi connectivity index (χ0) is 15.5. The fourth-order valence-corrected chi connectivity index (χ4v) is 2.17. The number of rotatable bonds is 4. The standard InChI is InChI=1S/C14H18FN3O3/c1-14(21-2,10-5-3-4-6-11(10)15)9-17-13(20)18-8-7-16-12(18)19/h3-6H,7-9H2,1-2H3,(H,16,19)(H,17,20)/t14-/m1/s1. The highest BCUT2D eigenvalue weighted by Crippen LogP contribution is 2.26. The lowest BCUT2D eigenvalue weighted by atomic mass is 9.95. The van der Waals surface area contributed by atoms with Crippen LogP contribution in [0, 0.1) is 5.82 Å². The number of halogens is 1. The van der Waals surface area contributed by atoms with Crippen LogP contribution in [0.15, 0.2) is 24.3 Å². The number of hydrogen-bond acceptors (Lipinski definition) is 3. The highest BCUT2D eigenvalue weighted by molar-refractivity contribution is 5.94. The number of carbonyl (C=O) groups excluding carboxylic acids is 2. The number of benzene rings is 1. The monoisotopic (exact) mass is 295 g/mol. The van der Waals surface area contributed by atoms with E-state index in [1.807, 2.05) is 0 Å². The third-order valence-corrected chi connectivity index (χ3v) is 3.57. The van der Waals surface area contributed by atoms with E-state index in [2.05, 4.69) is 10.6 Å². The van der Waals surface area contributed by atoms with Crippen LogP contribution in [0.4, 0.5) is 14.0 Å². The molecule has 0 aromatic heterocycles. The lowest BCUT2D eigenvalue weighted by molar-refractivity contribution is 0.00148. The lowest BCUT2D eigenvalue weighted by Gasteiger charge is -2.29. The largest absolute Gasteiger partial charge is 0.372 e. The molecule has 0 bridgehead atoms. The first-order chi connectivity index (χ1) is 9.98. The van der Waals surface area contributed by atoms with Crippen LogP contribution in [0.3, 0.4) is 0 Å². The second-order valence-corrected chi connectivity index (χ2v) is 4.96. The van der Waals surface area contributed by atoms with Gasteiger partial charge in [0, 0.05) is 25.8 Å². The Bertz CT molecular complexity index is 552. The molecular weight excluding hydrogens is 277 g/mol. The van der Waals surface area contributed by atoms with E-state index < -0.39 is 23.5 Å². The highest BCUT2D eigenvalue weighted by atomic mass is 19.1. The van der Waals surface area contributed by atoms with Crippen LogP contribution < -0.4 is 10.6 Å². The average Bonchev–Trinajstić information content (AvgIpc) is 2.91. The molecule has 0 radical (unpaired) electrons. The van der Waals surface area contributed by atoms with Crippen LogP contribution in [0.5, 0.6) is 0 Å². The van der Waals surface area contributed by atoms with E-state index >= 15 is 0 Å². The molecule has 1 aliphatic rings. The van der Waals surface area contributed by atoms with E-state index in [1.165, 1.54) is 13.2 Å². The van der Waals surface area contributed by atoms with E-state index in [-0.39, 0.29) is 6.54 Å². The van der Waals surface area contributed by atoms with E-state index in [1.54, 1.807) is 25.1 Å². The van der Waals surface area contributed by atoms with Crippen molar-refractivity contribution >= 4 is 12.1 Å². The maximum absolute atomic E-state index is 13.9. The van der Waals surface area contributed by atoms with Crippen molar-refractivity contribution in [2.24, 2.45) is 0 Å². The number of carbonyl (C=O) groups is 2. The van der Waals surface area contributed by atoms with Crippen molar-refractivity contribution in [3.63, 3.8) is 0 Å². The predicted octanol–water partition coefficient (Wildman–Crippen LogP) is 1.42. The summed E-state index contributed by atoms with van der Waals surface area (Å²) in [6.07, 6.45) is 0. The molecule has 0 spiro atoms. The minimum Gasteiger partial charge on any atom is -0.372 e. The molecule has 4 amide bonds. The number of nitrogens with one attached hydrogen (secondary N) is 2. The summed E-state index contributed by atoms with van der Waals surface area (Å²) in [5, 5.41) is 5.14. The number of amides is 4. The number of methoxy groups -OCH3 is 1. The topological polar surface area (TPSA) is 70.7 Å². The van der Waals surface area contributed by atoms with Crippen molar-refractivity contribution in [1.82, 2.24) is 15.5 Å². The number of imide groups is 1. The van der Waals surface area contributed by atoms with Crippen molar-refractivity contribution < 1.29 is 18.7 Å². The molecule has 0 unspecified atom stereocenters. The SMILES string of the molecule is CO[C@](C)(CNC(=O)N1CCNC1=O)c1ccccc1F. The Balaban J connectivity index is 2.07. The number of hydrogen-bond donors (Lipinski definition) is 2. The van der Waals surface area contributed by atoms with Crippen molar-refractivity contribution in [1.29, 1.82) is 0 Å². The molecule has 1 heterocycles. The van der Waals surface area contributed by atoms with Gasteiger partial charge in [-0.25, -0.2) is 18.9 Å². The predicted molar refractivity (Wildman–Crippen MR) is 74.3 cm³/mol. The Kier molecular flexibility index (Phi) is 4.42. The molecule has 6 nitrogen and oxygen atoms in total. The second-order valence-electron chi connectivity index (χ2n) is 4.96. The van der Waals surface area contributed by atoms with Crippen LogP contribution in [0.25, 0.3) is 0 Å². The third kappa shape index (κ3) is 3.13. The van der Waals surface area contributed by atoms with Gasteiger partial charge in [-0.05, 0) is 13.0 Å². The Labute approximate surface area is 122 Å². The van der Waals surface area contributed by atoms with Gasteiger partial charge in [0.15, 0.2) is 0 Å². The van der Waals surface area contributed by atoms with Gasteiger partial charge in [-0.3, -0.25) is 0 Å². The third-order valence-electron chi connectivity index (χ3n) is 3.57. The summed E-state index contributed by atoms with van der Waals surface area (Å²) in [6.45, 7) is 2.47. The van der Waals surface area contributed by atoms with E-state index in [0.717, 1.165) is 4.90 Å². The summed E-state index contributed by atoms with van der Waals surface area (Å²) in [6, 6.07) is 5.27. The number of ether oxygens (including phenoxy) is 1. The quantitative estimate of drug-likeness (QED) is 0.882. The van der Waals surface area contributed by atoms with Crippen molar-refractivity contribution in [3.05, 3.63) is 35.6 Å². The Morgan fingerprint density at radius 1 is 1.52 bits per heavy atom. The summed E-state index contributed by atoms with van der Waals surface area (Å²) in [5.74, 6) is -0.407. The molecule has 114 valence electrons. The van der Waals surface area contributed by atoms with Gasteiger partial charge >= 0.3 is 12.1 Å². The Hall–Kier alpha value is -2.15. The van der Waals surface area contributed by atoms with Gasteiger partial charge in [-0.1, -0.05) is 18.2 Å². The van der Waals surface area contributed by atoms with E-state index in [9.17, 15) is 14.0 Å². The molecule has 1 aliphatic heterocycles. The average molecular weight is 295 g/mol. The molecule has 7 heteroatoms. The lowest BCUT2D eigenvalue weighted by Crippen LogP contribution is -2.47. The molecule has 0 aliphatic carbocycles. The van der Waals surface area contributed by atoms with Gasteiger partial charge in [0.1, 0.15) is 11.4 Å². The van der Waals surface area contributed by atoms with Crippen LogP contribution in [0.1, 0.15) is 12.5 Å². The van der Waals surface area contributed by atoms with Crippen molar-refractivity contribution in [2.45, 2.75) is 12.5 Å². The molecular formula is C14H18FN3O3. The normalized spacial score (nSPS) is 17.3. The molecule has 1 atom stereocenters. The van der Waals surface area contributed by atoms with Gasteiger partial charge in [-0.15, -0.1) is 0 Å². The fourth-order valence-electron chi connectivity index (χ4n) is 2.17. The minimum absolute atomic E-state index is 0.0487. The fraction of sp³-hybridized carbons (Fsp3) is 0.429. The van der Waals surface area contributed by atoms with E-state index in [0.29, 0.717) is 18.7 Å². The molecule has 1 aromatic rings.